The van der Waals surface area contributed by atoms with E-state index in [0.29, 0.717) is 13.1 Å². The van der Waals surface area contributed by atoms with E-state index in [-0.39, 0.29) is 6.03 Å². The van der Waals surface area contributed by atoms with Gasteiger partial charge >= 0.3 is 6.03 Å². The smallest absolute Gasteiger partial charge is 0.319 e. The van der Waals surface area contributed by atoms with Gasteiger partial charge in [0.25, 0.3) is 0 Å². The highest BCUT2D eigenvalue weighted by Gasteiger charge is 2.11. The number of carbonyl (C=O) groups is 1. The van der Waals surface area contributed by atoms with Gasteiger partial charge in [0.2, 0.25) is 0 Å². The molecule has 0 saturated carbocycles. The average Bonchev–Trinajstić information content (AvgIpc) is 3.05. The zero-order chi connectivity index (χ0) is 31.1. The number of aromatic nitrogens is 1. The van der Waals surface area contributed by atoms with Crippen LogP contribution in [0.2, 0.25) is 0 Å². The molecule has 6 rings (SSSR count). The van der Waals surface area contributed by atoms with E-state index in [1.807, 2.05) is 24.3 Å². The second-order valence-corrected chi connectivity index (χ2v) is 12.3. The van der Waals surface area contributed by atoms with Crippen LogP contribution in [0.1, 0.15) is 75.3 Å². The molecule has 3 heterocycles. The summed E-state index contributed by atoms with van der Waals surface area (Å²) in [6.07, 6.45) is 17.0. The molecule has 3 aromatic carbocycles. The van der Waals surface area contributed by atoms with Crippen molar-refractivity contribution >= 4 is 33.9 Å². The van der Waals surface area contributed by atoms with Gasteiger partial charge in [-0.25, -0.2) is 4.79 Å². The van der Waals surface area contributed by atoms with Crippen LogP contribution < -0.4 is 26.2 Å². The summed E-state index contributed by atoms with van der Waals surface area (Å²) in [4.78, 5) is 21.5. The molecular formula is C38H50N6O. The van der Waals surface area contributed by atoms with Crippen molar-refractivity contribution in [2.75, 3.05) is 41.3 Å². The first-order valence-electron chi connectivity index (χ1n) is 16.9. The minimum absolute atomic E-state index is 0.206. The molecule has 4 aromatic rings. The molecule has 0 bridgehead atoms. The van der Waals surface area contributed by atoms with E-state index < -0.39 is 0 Å². The lowest BCUT2D eigenvalue weighted by Crippen LogP contribution is -2.28. The van der Waals surface area contributed by atoms with Crippen LogP contribution in [0.5, 0.6) is 0 Å². The summed E-state index contributed by atoms with van der Waals surface area (Å²) in [6, 6.07) is 24.8. The maximum absolute atomic E-state index is 12.4. The van der Waals surface area contributed by atoms with Gasteiger partial charge in [0.15, 0.2) is 0 Å². The van der Waals surface area contributed by atoms with Crippen LogP contribution in [-0.2, 0) is 13.1 Å². The monoisotopic (exact) mass is 606 g/mol. The number of nitrogens with one attached hydrogen (secondary N) is 2. The van der Waals surface area contributed by atoms with Gasteiger partial charge in [0, 0.05) is 73.8 Å². The van der Waals surface area contributed by atoms with E-state index in [1.54, 1.807) is 12.4 Å². The zero-order valence-electron chi connectivity index (χ0n) is 26.7. The number of amides is 2. The number of benzene rings is 3. The van der Waals surface area contributed by atoms with Crippen LogP contribution >= 0.6 is 0 Å². The van der Waals surface area contributed by atoms with Crippen molar-refractivity contribution in [3.05, 3.63) is 96.3 Å². The fraction of sp³-hybridized carbons (Fsp3) is 0.421. The normalized spacial score (nSPS) is 15.9. The molecule has 2 aliphatic heterocycles. The number of urea groups is 1. The van der Waals surface area contributed by atoms with E-state index >= 15 is 0 Å². The van der Waals surface area contributed by atoms with Gasteiger partial charge in [-0.3, -0.25) is 4.98 Å². The van der Waals surface area contributed by atoms with Crippen molar-refractivity contribution in [3.63, 3.8) is 0 Å². The highest BCUT2D eigenvalue weighted by molar-refractivity contribution is 6.01. The van der Waals surface area contributed by atoms with Gasteiger partial charge in [0.05, 0.1) is 5.69 Å². The summed E-state index contributed by atoms with van der Waals surface area (Å²) >= 11 is 0. The molecule has 2 fully saturated rings. The topological polar surface area (TPSA) is 86.5 Å². The third kappa shape index (κ3) is 9.95. The molecule has 2 saturated heterocycles. The Bertz CT molecular complexity index is 1430. The number of nitrogens with two attached hydrogens (primary N) is 1. The van der Waals surface area contributed by atoms with Crippen LogP contribution in [0, 0.1) is 0 Å². The Hall–Kier alpha value is -4.10. The molecule has 0 unspecified atom stereocenters. The quantitative estimate of drug-likeness (QED) is 0.206. The number of anilines is 3. The fourth-order valence-corrected chi connectivity index (χ4v) is 6.26. The van der Waals surface area contributed by atoms with Crippen LogP contribution in [0.4, 0.5) is 21.9 Å². The molecule has 0 atom stereocenters. The third-order valence-electron chi connectivity index (χ3n) is 8.93. The molecule has 238 valence electrons. The average molecular weight is 607 g/mol. The number of hydrogen-bond donors (Lipinski definition) is 3. The Morgan fingerprint density at radius 1 is 0.667 bits per heavy atom. The van der Waals surface area contributed by atoms with E-state index in [9.17, 15) is 4.79 Å². The predicted molar refractivity (Wildman–Crippen MR) is 189 cm³/mol. The van der Waals surface area contributed by atoms with Gasteiger partial charge in [-0.2, -0.15) is 0 Å². The van der Waals surface area contributed by atoms with Gasteiger partial charge < -0.3 is 26.2 Å². The van der Waals surface area contributed by atoms with Gasteiger partial charge in [-0.15, -0.1) is 0 Å². The molecular weight excluding hydrogens is 556 g/mol. The van der Waals surface area contributed by atoms with E-state index in [1.165, 1.54) is 94.2 Å². The first kappa shape index (κ1) is 32.3. The number of hydrogen-bond acceptors (Lipinski definition) is 5. The Morgan fingerprint density at radius 2 is 1.20 bits per heavy atom. The highest BCUT2D eigenvalue weighted by Crippen LogP contribution is 2.23. The lowest BCUT2D eigenvalue weighted by Gasteiger charge is -2.27. The molecule has 45 heavy (non-hydrogen) atoms. The predicted octanol–water partition coefficient (Wildman–Crippen LogP) is 8.24. The number of pyridine rings is 1. The Kier molecular flexibility index (Phi) is 12.5. The largest absolute Gasteiger partial charge is 0.372 e. The van der Waals surface area contributed by atoms with E-state index in [0.717, 1.165) is 35.1 Å². The minimum Gasteiger partial charge on any atom is -0.372 e. The number of rotatable bonds is 6. The SMILES string of the molecule is NCc1ccc(N2CCCCCCC2)cc1.O=C(NCc1ccc(N2CCCCCCC2)cc1)Nc1cccc2cnccc12. The Morgan fingerprint density at radius 3 is 1.76 bits per heavy atom. The minimum atomic E-state index is -0.206. The third-order valence-corrected chi connectivity index (χ3v) is 8.93. The van der Waals surface area contributed by atoms with Gasteiger partial charge in [0.1, 0.15) is 0 Å². The van der Waals surface area contributed by atoms with Crippen LogP contribution in [-0.4, -0.2) is 37.2 Å². The van der Waals surface area contributed by atoms with Crippen molar-refractivity contribution in [2.24, 2.45) is 5.73 Å². The Labute approximate surface area is 269 Å². The highest BCUT2D eigenvalue weighted by atomic mass is 16.2. The summed E-state index contributed by atoms with van der Waals surface area (Å²) in [6.45, 7) is 5.84. The number of carbonyl (C=O) groups excluding carboxylic acids is 1. The van der Waals surface area contributed by atoms with Crippen LogP contribution in [0.15, 0.2) is 85.2 Å². The number of nitrogens with zero attached hydrogens (tertiary/aromatic N) is 3. The Balaban J connectivity index is 0.000000211. The van der Waals surface area contributed by atoms with Crippen molar-refractivity contribution in [2.45, 2.75) is 77.3 Å². The molecule has 4 N–H and O–H groups in total. The summed E-state index contributed by atoms with van der Waals surface area (Å²) < 4.78 is 0. The second-order valence-electron chi connectivity index (χ2n) is 12.3. The van der Waals surface area contributed by atoms with Gasteiger partial charge in [-0.05, 0) is 73.2 Å². The number of fused-ring (bicyclic) bond motifs is 1. The van der Waals surface area contributed by atoms with Crippen molar-refractivity contribution in [1.29, 1.82) is 0 Å². The summed E-state index contributed by atoms with van der Waals surface area (Å²) in [5.41, 5.74) is 11.4. The van der Waals surface area contributed by atoms with E-state index in [2.05, 4.69) is 73.9 Å². The van der Waals surface area contributed by atoms with Crippen LogP contribution in [0.3, 0.4) is 0 Å². The van der Waals surface area contributed by atoms with Crippen molar-refractivity contribution in [3.8, 4) is 0 Å². The summed E-state index contributed by atoms with van der Waals surface area (Å²) in [5, 5.41) is 7.88. The molecule has 7 heteroatoms. The summed E-state index contributed by atoms with van der Waals surface area (Å²) in [5.74, 6) is 0. The van der Waals surface area contributed by atoms with Crippen molar-refractivity contribution in [1.82, 2.24) is 10.3 Å². The first-order valence-corrected chi connectivity index (χ1v) is 16.9. The second kappa shape index (κ2) is 17.4. The fourth-order valence-electron chi connectivity index (χ4n) is 6.26. The molecule has 1 aromatic heterocycles. The molecule has 7 nitrogen and oxygen atoms in total. The first-order chi connectivity index (χ1) is 22.2. The zero-order valence-corrected chi connectivity index (χ0v) is 26.7. The van der Waals surface area contributed by atoms with Crippen LogP contribution in [0.25, 0.3) is 10.8 Å². The molecule has 2 amide bonds. The molecule has 0 spiro atoms. The lowest BCUT2D eigenvalue weighted by atomic mass is 10.1. The van der Waals surface area contributed by atoms with E-state index in [4.69, 9.17) is 5.73 Å². The lowest BCUT2D eigenvalue weighted by molar-refractivity contribution is 0.252. The van der Waals surface area contributed by atoms with Crippen molar-refractivity contribution < 1.29 is 4.79 Å². The molecule has 0 aliphatic carbocycles. The summed E-state index contributed by atoms with van der Waals surface area (Å²) in [7, 11) is 0. The molecule has 0 radical (unpaired) electrons. The maximum atomic E-state index is 12.4. The maximum Gasteiger partial charge on any atom is 0.319 e. The van der Waals surface area contributed by atoms with Gasteiger partial charge in [-0.1, -0.05) is 74.9 Å². The standard InChI is InChI=1S/C24H28N4O.C14H22N2/c29-24(27-23-8-6-7-20-18-25-14-13-22(20)23)26-17-19-9-11-21(12-10-19)28-15-4-2-1-3-5-16-28;15-12-13-6-8-14(9-7-13)16-10-4-2-1-3-5-11-16/h6-14,18H,1-5,15-17H2,(H2,26,27,29);6-9H,1-5,10-12,15H2. The molecule has 2 aliphatic rings.